The number of aryl methyl sites for hydroxylation is 2. The Morgan fingerprint density at radius 3 is 1.67 bits per heavy atom. The molecule has 0 heteroatoms. The molecule has 0 bridgehead atoms. The molecule has 2 aromatic rings. The highest BCUT2D eigenvalue weighted by Crippen LogP contribution is 2.33. The summed E-state index contributed by atoms with van der Waals surface area (Å²) < 4.78 is 0. The van der Waals surface area contributed by atoms with Crippen LogP contribution < -0.4 is 0 Å². The second-order valence-corrected chi connectivity index (χ2v) is 8.49. The molecule has 0 aliphatic heterocycles. The van der Waals surface area contributed by atoms with Gasteiger partial charge in [-0.3, -0.25) is 0 Å². The number of hydrogen-bond acceptors (Lipinski definition) is 0. The highest BCUT2D eigenvalue weighted by molar-refractivity contribution is 5.24. The maximum atomic E-state index is 2.30. The maximum Gasteiger partial charge on any atom is -0.0162 e. The Balaban J connectivity index is 0.000000153. The fraction of sp³-hybridized carbons (Fsp3) is 0.556. The standard InChI is InChI=1S/C12H16.C8H16.C7H8/c1-10-6-8-12(9-7-10)11-4-2-3-5-11;1-2-5-8-6-3-4-7-8;1-7-5-3-2-4-6-7/h6-9,11H,2-5H2,1H3;8H,2-7H2,1H3;2-6H,1H3. The van der Waals surface area contributed by atoms with Crippen molar-refractivity contribution >= 4 is 0 Å². The Morgan fingerprint density at radius 1 is 0.667 bits per heavy atom. The van der Waals surface area contributed by atoms with Crippen molar-refractivity contribution in [3.63, 3.8) is 0 Å². The summed E-state index contributed by atoms with van der Waals surface area (Å²) in [6.07, 6.45) is 14.6. The fourth-order valence-corrected chi connectivity index (χ4v) is 4.34. The lowest BCUT2D eigenvalue weighted by Crippen LogP contribution is -1.90. The summed E-state index contributed by atoms with van der Waals surface area (Å²) in [6.45, 7) is 6.52. The minimum absolute atomic E-state index is 0.866. The van der Waals surface area contributed by atoms with Crippen molar-refractivity contribution in [1.29, 1.82) is 0 Å². The summed E-state index contributed by atoms with van der Waals surface area (Å²) in [5.41, 5.74) is 4.25. The molecule has 4 rings (SSSR count). The van der Waals surface area contributed by atoms with Gasteiger partial charge in [-0.1, -0.05) is 124 Å². The third-order valence-corrected chi connectivity index (χ3v) is 6.02. The molecule has 0 saturated heterocycles. The third-order valence-electron chi connectivity index (χ3n) is 6.02. The zero-order valence-electron chi connectivity index (χ0n) is 17.9. The van der Waals surface area contributed by atoms with Gasteiger partial charge < -0.3 is 0 Å². The Morgan fingerprint density at radius 2 is 1.19 bits per heavy atom. The molecular weight excluding hydrogens is 324 g/mol. The summed E-state index contributed by atoms with van der Waals surface area (Å²) >= 11 is 0. The molecule has 2 fully saturated rings. The molecule has 0 unspecified atom stereocenters. The highest BCUT2D eigenvalue weighted by atomic mass is 14.2. The second kappa shape index (κ2) is 12.8. The van der Waals surface area contributed by atoms with E-state index in [4.69, 9.17) is 0 Å². The van der Waals surface area contributed by atoms with Crippen LogP contribution in [0.4, 0.5) is 0 Å². The highest BCUT2D eigenvalue weighted by Gasteiger charge is 2.16. The minimum atomic E-state index is 0.866. The first-order valence-corrected chi connectivity index (χ1v) is 11.3. The van der Waals surface area contributed by atoms with Gasteiger partial charge in [0.1, 0.15) is 0 Å². The average Bonchev–Trinajstić information content (AvgIpc) is 3.39. The first-order chi connectivity index (χ1) is 13.2. The van der Waals surface area contributed by atoms with Crippen LogP contribution in [-0.4, -0.2) is 0 Å². The molecule has 27 heavy (non-hydrogen) atoms. The van der Waals surface area contributed by atoms with Gasteiger partial charge in [0, 0.05) is 0 Å². The summed E-state index contributed by atoms with van der Waals surface area (Å²) in [6, 6.07) is 19.3. The van der Waals surface area contributed by atoms with E-state index >= 15 is 0 Å². The molecule has 0 aromatic heterocycles. The Hall–Kier alpha value is -1.56. The Bertz CT molecular complexity index is 584. The topological polar surface area (TPSA) is 0 Å². The van der Waals surface area contributed by atoms with Crippen molar-refractivity contribution in [1.82, 2.24) is 0 Å². The van der Waals surface area contributed by atoms with Gasteiger partial charge in [-0.25, -0.2) is 0 Å². The van der Waals surface area contributed by atoms with Gasteiger partial charge in [0.25, 0.3) is 0 Å². The van der Waals surface area contributed by atoms with Crippen LogP contribution in [0.5, 0.6) is 0 Å². The van der Waals surface area contributed by atoms with E-state index in [9.17, 15) is 0 Å². The predicted molar refractivity (Wildman–Crippen MR) is 120 cm³/mol. The largest absolute Gasteiger partial charge is 0.0654 e. The number of rotatable bonds is 3. The SMILES string of the molecule is CCCC1CCCC1.Cc1ccc(C2CCCC2)cc1.Cc1ccccc1. The van der Waals surface area contributed by atoms with Crippen LogP contribution in [0.3, 0.4) is 0 Å². The first kappa shape index (κ1) is 21.7. The summed E-state index contributed by atoms with van der Waals surface area (Å²) in [5, 5.41) is 0. The van der Waals surface area contributed by atoms with E-state index in [0.717, 1.165) is 11.8 Å². The molecule has 0 radical (unpaired) electrons. The molecule has 0 amide bonds. The van der Waals surface area contributed by atoms with Gasteiger partial charge in [-0.15, -0.1) is 0 Å². The van der Waals surface area contributed by atoms with Crippen LogP contribution in [0.15, 0.2) is 54.6 Å². The monoisotopic (exact) mass is 364 g/mol. The van der Waals surface area contributed by atoms with E-state index in [1.165, 1.54) is 75.3 Å². The van der Waals surface area contributed by atoms with Gasteiger partial charge >= 0.3 is 0 Å². The lowest BCUT2D eigenvalue weighted by atomic mass is 9.97. The van der Waals surface area contributed by atoms with Gasteiger partial charge in [0.15, 0.2) is 0 Å². The van der Waals surface area contributed by atoms with Crippen LogP contribution >= 0.6 is 0 Å². The molecule has 0 heterocycles. The summed E-state index contributed by atoms with van der Waals surface area (Å²) in [4.78, 5) is 0. The molecule has 2 aromatic carbocycles. The van der Waals surface area contributed by atoms with Gasteiger partial charge in [0.2, 0.25) is 0 Å². The molecule has 2 saturated carbocycles. The van der Waals surface area contributed by atoms with E-state index in [1.807, 2.05) is 18.2 Å². The van der Waals surface area contributed by atoms with Crippen LogP contribution in [0.1, 0.15) is 93.7 Å². The van der Waals surface area contributed by atoms with Crippen LogP contribution in [0, 0.1) is 19.8 Å². The normalized spacial score (nSPS) is 17.0. The summed E-state index contributed by atoms with van der Waals surface area (Å²) in [5.74, 6) is 1.98. The zero-order chi connectivity index (χ0) is 19.3. The first-order valence-electron chi connectivity index (χ1n) is 11.3. The van der Waals surface area contributed by atoms with E-state index in [-0.39, 0.29) is 0 Å². The zero-order valence-corrected chi connectivity index (χ0v) is 17.9. The van der Waals surface area contributed by atoms with Crippen molar-refractivity contribution in [2.75, 3.05) is 0 Å². The quantitative estimate of drug-likeness (QED) is 0.511. The van der Waals surface area contributed by atoms with Crippen LogP contribution in [0.25, 0.3) is 0 Å². The van der Waals surface area contributed by atoms with Gasteiger partial charge in [0.05, 0.1) is 0 Å². The molecule has 0 spiro atoms. The van der Waals surface area contributed by atoms with Crippen molar-refractivity contribution in [2.45, 2.75) is 90.9 Å². The summed E-state index contributed by atoms with van der Waals surface area (Å²) in [7, 11) is 0. The van der Waals surface area contributed by atoms with Crippen LogP contribution in [0.2, 0.25) is 0 Å². The number of benzene rings is 2. The fourth-order valence-electron chi connectivity index (χ4n) is 4.34. The smallest absolute Gasteiger partial charge is 0.0162 e. The van der Waals surface area contributed by atoms with Gasteiger partial charge in [-0.2, -0.15) is 0 Å². The van der Waals surface area contributed by atoms with E-state index in [2.05, 4.69) is 57.2 Å². The molecule has 2 aliphatic carbocycles. The van der Waals surface area contributed by atoms with E-state index in [0.29, 0.717) is 0 Å². The Labute approximate surface area is 168 Å². The van der Waals surface area contributed by atoms with Gasteiger partial charge in [-0.05, 0) is 44.1 Å². The second-order valence-electron chi connectivity index (χ2n) is 8.49. The van der Waals surface area contributed by atoms with E-state index < -0.39 is 0 Å². The molecule has 0 nitrogen and oxygen atoms in total. The van der Waals surface area contributed by atoms with Crippen LogP contribution in [-0.2, 0) is 0 Å². The lowest BCUT2D eigenvalue weighted by Gasteiger charge is -2.08. The lowest BCUT2D eigenvalue weighted by molar-refractivity contribution is 0.496. The molecule has 0 atom stereocenters. The maximum absolute atomic E-state index is 2.30. The molecule has 148 valence electrons. The number of hydrogen-bond donors (Lipinski definition) is 0. The van der Waals surface area contributed by atoms with Crippen molar-refractivity contribution in [3.8, 4) is 0 Å². The van der Waals surface area contributed by atoms with E-state index in [1.54, 1.807) is 5.56 Å². The van der Waals surface area contributed by atoms with Crippen molar-refractivity contribution in [2.24, 2.45) is 5.92 Å². The average molecular weight is 365 g/mol. The molecular formula is C27H40. The predicted octanol–water partition coefficient (Wildman–Crippen LogP) is 8.62. The van der Waals surface area contributed by atoms with Crippen molar-refractivity contribution < 1.29 is 0 Å². The third kappa shape index (κ3) is 8.78. The minimum Gasteiger partial charge on any atom is -0.0654 e. The van der Waals surface area contributed by atoms with Crippen molar-refractivity contribution in [3.05, 3.63) is 71.3 Å². The molecule has 2 aliphatic rings. The Kier molecular flexibility index (Phi) is 10.3. The molecule has 0 N–H and O–H groups in total.